The van der Waals surface area contributed by atoms with Crippen LogP contribution >= 0.6 is 11.6 Å². The summed E-state index contributed by atoms with van der Waals surface area (Å²) in [6.07, 6.45) is 1.85. The van der Waals surface area contributed by atoms with Gasteiger partial charge in [0.05, 0.1) is 29.3 Å². The molecule has 35 heavy (non-hydrogen) atoms. The van der Waals surface area contributed by atoms with Gasteiger partial charge in [-0.25, -0.2) is 4.39 Å². The lowest BCUT2D eigenvalue weighted by Gasteiger charge is -2.41. The number of aromatic amines is 1. The van der Waals surface area contributed by atoms with E-state index >= 15 is 0 Å². The Morgan fingerprint density at radius 1 is 1.11 bits per heavy atom. The van der Waals surface area contributed by atoms with Crippen molar-refractivity contribution < 1.29 is 18.7 Å². The molecule has 0 bridgehead atoms. The van der Waals surface area contributed by atoms with Crippen molar-refractivity contribution in [3.8, 4) is 0 Å². The summed E-state index contributed by atoms with van der Waals surface area (Å²) in [5.74, 6) is -1.77. The van der Waals surface area contributed by atoms with Crippen LogP contribution in [0.15, 0.2) is 72.9 Å². The molecular weight excluding hydrogens is 469 g/mol. The first-order chi connectivity index (χ1) is 17.0. The number of para-hydroxylation sites is 1. The maximum atomic E-state index is 13.9. The SMILES string of the molecule is COCCN1C(=O)c2ccccc2C(C(=O)Nc2ccc(F)cc2Cl)C1c1c[nH]c2ccccc12. The zero-order valence-corrected chi connectivity index (χ0v) is 19.7. The van der Waals surface area contributed by atoms with Crippen LogP contribution in [0.4, 0.5) is 10.1 Å². The first-order valence-corrected chi connectivity index (χ1v) is 11.6. The molecule has 1 aromatic heterocycles. The van der Waals surface area contributed by atoms with Gasteiger partial charge in [-0.1, -0.05) is 48.0 Å². The van der Waals surface area contributed by atoms with Gasteiger partial charge in [-0.2, -0.15) is 0 Å². The van der Waals surface area contributed by atoms with Gasteiger partial charge in [0.25, 0.3) is 5.91 Å². The summed E-state index contributed by atoms with van der Waals surface area (Å²) in [6.45, 7) is 0.611. The molecular formula is C27H23ClFN3O3. The fourth-order valence-electron chi connectivity index (χ4n) is 4.80. The van der Waals surface area contributed by atoms with Crippen molar-refractivity contribution in [1.29, 1.82) is 0 Å². The predicted molar refractivity (Wildman–Crippen MR) is 133 cm³/mol. The van der Waals surface area contributed by atoms with Crippen LogP contribution < -0.4 is 5.32 Å². The van der Waals surface area contributed by atoms with Crippen LogP contribution in [-0.2, 0) is 9.53 Å². The number of ether oxygens (including phenoxy) is 1. The lowest BCUT2D eigenvalue weighted by Crippen LogP contribution is -2.47. The van der Waals surface area contributed by atoms with Crippen molar-refractivity contribution in [2.24, 2.45) is 0 Å². The third-order valence-corrected chi connectivity index (χ3v) is 6.70. The fourth-order valence-corrected chi connectivity index (χ4v) is 5.01. The minimum absolute atomic E-state index is 0.0957. The maximum Gasteiger partial charge on any atom is 0.254 e. The zero-order chi connectivity index (χ0) is 24.5. The van der Waals surface area contributed by atoms with E-state index in [4.69, 9.17) is 16.3 Å². The second kappa shape index (κ2) is 9.52. The molecule has 0 aliphatic carbocycles. The van der Waals surface area contributed by atoms with Gasteiger partial charge in [0.2, 0.25) is 5.91 Å². The summed E-state index contributed by atoms with van der Waals surface area (Å²) in [7, 11) is 1.57. The fraction of sp³-hybridized carbons (Fsp3) is 0.185. The third-order valence-electron chi connectivity index (χ3n) is 6.39. The van der Waals surface area contributed by atoms with Gasteiger partial charge in [0.1, 0.15) is 5.82 Å². The molecule has 2 N–H and O–H groups in total. The van der Waals surface area contributed by atoms with Gasteiger partial charge in [-0.15, -0.1) is 0 Å². The van der Waals surface area contributed by atoms with E-state index in [1.807, 2.05) is 36.5 Å². The molecule has 2 amide bonds. The number of halogens is 2. The van der Waals surface area contributed by atoms with Gasteiger partial charge in [-0.3, -0.25) is 9.59 Å². The molecule has 4 aromatic rings. The number of H-pyrrole nitrogens is 1. The number of carbonyl (C=O) groups is 2. The number of benzene rings is 3. The molecule has 3 aromatic carbocycles. The highest BCUT2D eigenvalue weighted by atomic mass is 35.5. The number of rotatable bonds is 6. The van der Waals surface area contributed by atoms with E-state index in [2.05, 4.69) is 10.3 Å². The molecule has 6 nitrogen and oxygen atoms in total. The monoisotopic (exact) mass is 491 g/mol. The molecule has 0 saturated carbocycles. The molecule has 0 radical (unpaired) electrons. The van der Waals surface area contributed by atoms with Crippen molar-refractivity contribution in [3.05, 3.63) is 100 Å². The van der Waals surface area contributed by atoms with E-state index in [0.717, 1.165) is 22.5 Å². The molecule has 2 heterocycles. The normalized spacial score (nSPS) is 17.5. The number of anilines is 1. The van der Waals surface area contributed by atoms with E-state index in [1.54, 1.807) is 30.2 Å². The largest absolute Gasteiger partial charge is 0.383 e. The van der Waals surface area contributed by atoms with Crippen LogP contribution in [0, 0.1) is 5.82 Å². The third kappa shape index (κ3) is 4.17. The van der Waals surface area contributed by atoms with Crippen molar-refractivity contribution in [1.82, 2.24) is 9.88 Å². The second-order valence-corrected chi connectivity index (χ2v) is 8.81. The number of nitrogens with zero attached hydrogens (tertiary/aromatic N) is 1. The number of hydrogen-bond acceptors (Lipinski definition) is 3. The summed E-state index contributed by atoms with van der Waals surface area (Å²) >= 11 is 6.21. The molecule has 5 rings (SSSR count). The number of hydrogen-bond donors (Lipinski definition) is 2. The molecule has 178 valence electrons. The second-order valence-electron chi connectivity index (χ2n) is 8.40. The Morgan fingerprint density at radius 2 is 1.89 bits per heavy atom. The standard InChI is InChI=1S/C27H23ClFN3O3/c1-35-13-12-32-25(20-15-30-22-9-5-4-6-17(20)22)24(18-7-2-3-8-19(18)27(32)34)26(33)31-23-11-10-16(29)14-21(23)28/h2-11,14-15,24-25,30H,12-13H2,1H3,(H,31,33). The van der Waals surface area contributed by atoms with Crippen LogP contribution in [0.2, 0.25) is 5.02 Å². The van der Waals surface area contributed by atoms with Gasteiger partial charge in [-0.05, 0) is 35.9 Å². The Kier molecular flexibility index (Phi) is 6.28. The minimum atomic E-state index is -0.749. The summed E-state index contributed by atoms with van der Waals surface area (Å²) in [5.41, 5.74) is 3.11. The molecule has 1 aliphatic heterocycles. The Balaban J connectivity index is 1.67. The number of nitrogens with one attached hydrogen (secondary N) is 2. The number of carbonyl (C=O) groups excluding carboxylic acids is 2. The van der Waals surface area contributed by atoms with Crippen molar-refractivity contribution in [3.63, 3.8) is 0 Å². The number of fused-ring (bicyclic) bond motifs is 2. The molecule has 8 heteroatoms. The molecule has 2 unspecified atom stereocenters. The van der Waals surface area contributed by atoms with Crippen LogP contribution in [0.3, 0.4) is 0 Å². The van der Waals surface area contributed by atoms with E-state index in [0.29, 0.717) is 30.0 Å². The van der Waals surface area contributed by atoms with Gasteiger partial charge in [0.15, 0.2) is 0 Å². The lowest BCUT2D eigenvalue weighted by molar-refractivity contribution is -0.119. The molecule has 0 saturated heterocycles. The van der Waals surface area contributed by atoms with Crippen LogP contribution in [0.25, 0.3) is 10.9 Å². The van der Waals surface area contributed by atoms with Gasteiger partial charge >= 0.3 is 0 Å². The van der Waals surface area contributed by atoms with Crippen molar-refractivity contribution in [2.45, 2.75) is 12.0 Å². The van der Waals surface area contributed by atoms with E-state index < -0.39 is 17.8 Å². The molecule has 0 fully saturated rings. The lowest BCUT2D eigenvalue weighted by atomic mass is 9.79. The average molecular weight is 492 g/mol. The van der Waals surface area contributed by atoms with E-state index in [9.17, 15) is 14.0 Å². The van der Waals surface area contributed by atoms with E-state index in [1.165, 1.54) is 12.1 Å². The summed E-state index contributed by atoms with van der Waals surface area (Å²) in [5, 5.41) is 3.88. The van der Waals surface area contributed by atoms with Gasteiger partial charge in [0, 0.05) is 41.9 Å². The predicted octanol–water partition coefficient (Wildman–Crippen LogP) is 5.53. The Morgan fingerprint density at radius 3 is 2.69 bits per heavy atom. The van der Waals surface area contributed by atoms with Crippen LogP contribution in [-0.4, -0.2) is 42.0 Å². The number of aromatic nitrogens is 1. The first-order valence-electron chi connectivity index (χ1n) is 11.2. The first kappa shape index (κ1) is 23.1. The van der Waals surface area contributed by atoms with Gasteiger partial charge < -0.3 is 19.9 Å². The number of methoxy groups -OCH3 is 1. The van der Waals surface area contributed by atoms with Crippen LogP contribution in [0.1, 0.15) is 33.4 Å². The average Bonchev–Trinajstić information content (AvgIpc) is 3.29. The van der Waals surface area contributed by atoms with Crippen molar-refractivity contribution >= 4 is 40.0 Å². The molecule has 1 aliphatic rings. The number of amides is 2. The Hall–Kier alpha value is -3.68. The van der Waals surface area contributed by atoms with Crippen LogP contribution in [0.5, 0.6) is 0 Å². The smallest absolute Gasteiger partial charge is 0.254 e. The quantitative estimate of drug-likeness (QED) is 0.372. The highest BCUT2D eigenvalue weighted by molar-refractivity contribution is 6.33. The summed E-state index contributed by atoms with van der Waals surface area (Å²) in [6, 6.07) is 18.1. The highest BCUT2D eigenvalue weighted by Gasteiger charge is 2.44. The zero-order valence-electron chi connectivity index (χ0n) is 18.9. The topological polar surface area (TPSA) is 74.4 Å². The summed E-state index contributed by atoms with van der Waals surface area (Å²) in [4.78, 5) is 32.5. The Bertz CT molecular complexity index is 1420. The molecule has 0 spiro atoms. The molecule has 2 atom stereocenters. The van der Waals surface area contributed by atoms with Crippen molar-refractivity contribution in [2.75, 3.05) is 25.6 Å². The Labute approximate surface area is 206 Å². The maximum absolute atomic E-state index is 13.9. The van der Waals surface area contributed by atoms with E-state index in [-0.39, 0.29) is 16.8 Å². The summed E-state index contributed by atoms with van der Waals surface area (Å²) < 4.78 is 18.9. The minimum Gasteiger partial charge on any atom is -0.383 e. The highest BCUT2D eigenvalue weighted by Crippen LogP contribution is 2.45.